The predicted octanol–water partition coefficient (Wildman–Crippen LogP) is 4.17. The smallest absolute Gasteiger partial charge is 0.330 e. The Morgan fingerprint density at radius 3 is 2.26 bits per heavy atom. The number of fused-ring (bicyclic) bond motifs is 1. The number of aromatic hydroxyl groups is 2. The van der Waals surface area contributed by atoms with E-state index in [1.807, 2.05) is 36.4 Å². The first kappa shape index (κ1) is 22.7. The maximum atomic E-state index is 13.2. The third-order valence-electron chi connectivity index (χ3n) is 6.44. The van der Waals surface area contributed by atoms with Crippen molar-refractivity contribution in [2.45, 2.75) is 37.1 Å². The van der Waals surface area contributed by atoms with Crippen LogP contribution in [-0.4, -0.2) is 39.3 Å². The van der Waals surface area contributed by atoms with Gasteiger partial charge in [0.1, 0.15) is 41.1 Å². The molecule has 0 saturated carbocycles. The quantitative estimate of drug-likeness (QED) is 0.478. The molecule has 3 aromatic carbocycles. The van der Waals surface area contributed by atoms with Crippen LogP contribution in [0.5, 0.6) is 17.2 Å². The van der Waals surface area contributed by atoms with Crippen molar-refractivity contribution in [3.8, 4) is 17.2 Å². The van der Waals surface area contributed by atoms with E-state index >= 15 is 0 Å². The standard InChI is InChI=1S/C28H24O7/c29-18-14-19(30)26(28-25(18)20(31)15-22(35-28)16-8-3-1-4-9-16)24(17-10-5-2-6-11-17)27(33)21-12-7-13-23(32)34-21/h1-11,13-14,21-22,24,27,29-30,33H,12,15H2/t21-,22+,24+,27-/m1/s1. The first-order chi connectivity index (χ1) is 16.9. The van der Waals surface area contributed by atoms with E-state index in [0.29, 0.717) is 5.56 Å². The van der Waals surface area contributed by atoms with Gasteiger partial charge >= 0.3 is 5.97 Å². The lowest BCUT2D eigenvalue weighted by Crippen LogP contribution is -2.38. The lowest BCUT2D eigenvalue weighted by Gasteiger charge is -2.35. The molecule has 7 heteroatoms. The summed E-state index contributed by atoms with van der Waals surface area (Å²) in [5.74, 6) is -2.55. The number of rotatable bonds is 5. The van der Waals surface area contributed by atoms with Gasteiger partial charge in [-0.15, -0.1) is 0 Å². The molecule has 0 bridgehead atoms. The minimum atomic E-state index is -1.28. The summed E-state index contributed by atoms with van der Waals surface area (Å²) in [6.45, 7) is 0. The summed E-state index contributed by atoms with van der Waals surface area (Å²) >= 11 is 0. The maximum absolute atomic E-state index is 13.2. The maximum Gasteiger partial charge on any atom is 0.330 e. The molecule has 0 unspecified atom stereocenters. The number of ether oxygens (including phenoxy) is 2. The zero-order valence-corrected chi connectivity index (χ0v) is 18.7. The van der Waals surface area contributed by atoms with Gasteiger partial charge in [-0.25, -0.2) is 4.79 Å². The molecule has 2 heterocycles. The molecular formula is C28H24O7. The summed E-state index contributed by atoms with van der Waals surface area (Å²) in [7, 11) is 0. The fraction of sp³-hybridized carbons (Fsp3) is 0.214. The highest BCUT2D eigenvalue weighted by Crippen LogP contribution is 2.50. The monoisotopic (exact) mass is 472 g/mol. The fourth-order valence-electron chi connectivity index (χ4n) is 4.80. The van der Waals surface area contributed by atoms with Crippen molar-refractivity contribution in [3.05, 3.63) is 101 Å². The summed E-state index contributed by atoms with van der Waals surface area (Å²) in [6, 6.07) is 19.2. The predicted molar refractivity (Wildman–Crippen MR) is 126 cm³/mol. The number of hydrogen-bond acceptors (Lipinski definition) is 7. The minimum Gasteiger partial charge on any atom is -0.507 e. The number of phenolic OH excluding ortho intramolecular Hbond substituents is 2. The number of aliphatic hydroxyl groups excluding tert-OH is 1. The van der Waals surface area contributed by atoms with Crippen LogP contribution in [0.1, 0.15) is 51.9 Å². The van der Waals surface area contributed by atoms with Gasteiger partial charge in [0, 0.05) is 30.0 Å². The molecule has 3 aromatic rings. The van der Waals surface area contributed by atoms with Crippen molar-refractivity contribution in [1.29, 1.82) is 0 Å². The Labute approximate surface area is 201 Å². The minimum absolute atomic E-state index is 0.0122. The summed E-state index contributed by atoms with van der Waals surface area (Å²) in [5, 5.41) is 33.1. The van der Waals surface area contributed by atoms with E-state index < -0.39 is 35.9 Å². The van der Waals surface area contributed by atoms with Gasteiger partial charge in [-0.2, -0.15) is 0 Å². The third-order valence-corrected chi connectivity index (χ3v) is 6.44. The van der Waals surface area contributed by atoms with E-state index in [-0.39, 0.29) is 41.3 Å². The van der Waals surface area contributed by atoms with Crippen molar-refractivity contribution in [3.63, 3.8) is 0 Å². The second kappa shape index (κ2) is 9.27. The van der Waals surface area contributed by atoms with Crippen molar-refractivity contribution in [1.82, 2.24) is 0 Å². The zero-order valence-electron chi connectivity index (χ0n) is 18.7. The number of cyclic esters (lactones) is 1. The van der Waals surface area contributed by atoms with Crippen LogP contribution in [0.25, 0.3) is 0 Å². The van der Waals surface area contributed by atoms with Crippen LogP contribution in [0.2, 0.25) is 0 Å². The number of esters is 1. The number of aliphatic hydroxyl groups is 1. The van der Waals surface area contributed by atoms with Crippen LogP contribution in [0, 0.1) is 0 Å². The molecule has 0 aromatic heterocycles. The second-order valence-electron chi connectivity index (χ2n) is 8.67. The molecule has 178 valence electrons. The van der Waals surface area contributed by atoms with Crippen LogP contribution in [0.15, 0.2) is 78.9 Å². The molecule has 0 saturated heterocycles. The topological polar surface area (TPSA) is 113 Å². The average Bonchev–Trinajstić information content (AvgIpc) is 2.86. The molecule has 4 atom stereocenters. The van der Waals surface area contributed by atoms with Gasteiger partial charge in [0.15, 0.2) is 5.78 Å². The highest BCUT2D eigenvalue weighted by atomic mass is 16.6. The molecular weight excluding hydrogens is 448 g/mol. The Balaban J connectivity index is 1.67. The first-order valence-electron chi connectivity index (χ1n) is 11.4. The second-order valence-corrected chi connectivity index (χ2v) is 8.67. The van der Waals surface area contributed by atoms with E-state index in [1.165, 1.54) is 6.08 Å². The third kappa shape index (κ3) is 4.26. The van der Waals surface area contributed by atoms with Crippen molar-refractivity contribution < 1.29 is 34.4 Å². The number of benzene rings is 3. The molecule has 2 aliphatic heterocycles. The van der Waals surface area contributed by atoms with E-state index in [2.05, 4.69) is 0 Å². The van der Waals surface area contributed by atoms with Crippen molar-refractivity contribution in [2.24, 2.45) is 0 Å². The van der Waals surface area contributed by atoms with Gasteiger partial charge in [-0.05, 0) is 11.1 Å². The summed E-state index contributed by atoms with van der Waals surface area (Å²) < 4.78 is 11.6. The van der Waals surface area contributed by atoms with E-state index in [1.54, 1.807) is 30.3 Å². The first-order valence-corrected chi connectivity index (χ1v) is 11.4. The zero-order chi connectivity index (χ0) is 24.5. The average molecular weight is 472 g/mol. The highest BCUT2D eigenvalue weighted by Gasteiger charge is 2.41. The summed E-state index contributed by atoms with van der Waals surface area (Å²) in [5.41, 5.74) is 1.49. The lowest BCUT2D eigenvalue weighted by atomic mass is 9.80. The number of phenols is 2. The Hall–Kier alpha value is -4.10. The van der Waals surface area contributed by atoms with E-state index in [0.717, 1.165) is 11.6 Å². The molecule has 0 aliphatic carbocycles. The molecule has 0 radical (unpaired) electrons. The molecule has 2 aliphatic rings. The SMILES string of the molecule is O=C1C=CC[C@H]([C@@H](O)[C@@H](c2ccccc2)c2c(O)cc(O)c3c2O[C@H](c2ccccc2)CC3=O)O1. The number of carbonyl (C=O) groups is 2. The van der Waals surface area contributed by atoms with Gasteiger partial charge in [-0.1, -0.05) is 66.7 Å². The molecule has 0 spiro atoms. The van der Waals surface area contributed by atoms with Gasteiger partial charge < -0.3 is 24.8 Å². The summed E-state index contributed by atoms with van der Waals surface area (Å²) in [4.78, 5) is 25.1. The Morgan fingerprint density at radius 1 is 0.886 bits per heavy atom. The van der Waals surface area contributed by atoms with E-state index in [4.69, 9.17) is 9.47 Å². The normalized spacial score (nSPS) is 20.9. The van der Waals surface area contributed by atoms with Crippen LogP contribution in [-0.2, 0) is 9.53 Å². The number of ketones is 1. The van der Waals surface area contributed by atoms with Crippen LogP contribution >= 0.6 is 0 Å². The molecule has 3 N–H and O–H groups in total. The number of hydrogen-bond donors (Lipinski definition) is 3. The van der Waals surface area contributed by atoms with Crippen LogP contribution in [0.3, 0.4) is 0 Å². The largest absolute Gasteiger partial charge is 0.507 e. The van der Waals surface area contributed by atoms with Crippen LogP contribution in [0.4, 0.5) is 0 Å². The van der Waals surface area contributed by atoms with Crippen LogP contribution < -0.4 is 4.74 Å². The number of Topliss-reactive ketones (excluding diaryl/α,β-unsaturated/α-hetero) is 1. The highest BCUT2D eigenvalue weighted by molar-refractivity contribution is 6.03. The van der Waals surface area contributed by atoms with Gasteiger partial charge in [0.05, 0.1) is 6.42 Å². The molecule has 35 heavy (non-hydrogen) atoms. The number of carbonyl (C=O) groups excluding carboxylic acids is 2. The molecule has 7 nitrogen and oxygen atoms in total. The Morgan fingerprint density at radius 2 is 1.57 bits per heavy atom. The van der Waals surface area contributed by atoms with Crippen molar-refractivity contribution >= 4 is 11.8 Å². The van der Waals surface area contributed by atoms with E-state index in [9.17, 15) is 24.9 Å². The Bertz CT molecular complexity index is 1280. The lowest BCUT2D eigenvalue weighted by molar-refractivity contribution is -0.150. The van der Waals surface area contributed by atoms with Gasteiger partial charge in [0.2, 0.25) is 0 Å². The van der Waals surface area contributed by atoms with Gasteiger partial charge in [-0.3, -0.25) is 4.79 Å². The Kier molecular flexibility index (Phi) is 6.01. The fourth-order valence-corrected chi connectivity index (χ4v) is 4.80. The van der Waals surface area contributed by atoms with Crippen molar-refractivity contribution in [2.75, 3.05) is 0 Å². The summed E-state index contributed by atoms with van der Waals surface area (Å²) in [6.07, 6.45) is 0.418. The molecule has 5 rings (SSSR count). The molecule has 0 amide bonds. The molecule has 0 fully saturated rings. The van der Waals surface area contributed by atoms with Gasteiger partial charge in [0.25, 0.3) is 0 Å².